The fourth-order valence-electron chi connectivity index (χ4n) is 2.48. The van der Waals surface area contributed by atoms with E-state index in [4.69, 9.17) is 10.5 Å². The van der Waals surface area contributed by atoms with Crippen LogP contribution in [-0.4, -0.2) is 38.0 Å². The average molecular weight is 283 g/mol. The number of halogens is 3. The summed E-state index contributed by atoms with van der Waals surface area (Å²) < 4.78 is 45.3. The fraction of sp³-hybridized carbons (Fsp3) is 0.917. The second-order valence-corrected chi connectivity index (χ2v) is 4.89. The Morgan fingerprint density at radius 1 is 1.42 bits per heavy atom. The van der Waals surface area contributed by atoms with Crippen LogP contribution in [0.25, 0.3) is 0 Å². The molecular formula is C12H20F3NO3. The summed E-state index contributed by atoms with van der Waals surface area (Å²) >= 11 is 0. The number of methoxy groups -OCH3 is 1. The lowest BCUT2D eigenvalue weighted by Gasteiger charge is -2.28. The van der Waals surface area contributed by atoms with Gasteiger partial charge < -0.3 is 15.2 Å². The van der Waals surface area contributed by atoms with Crippen molar-refractivity contribution in [2.75, 3.05) is 20.3 Å². The Hall–Kier alpha value is -0.820. The van der Waals surface area contributed by atoms with Crippen molar-refractivity contribution < 1.29 is 27.4 Å². The number of rotatable bonds is 6. The molecule has 0 bridgehead atoms. The van der Waals surface area contributed by atoms with Crippen LogP contribution in [-0.2, 0) is 14.3 Å². The summed E-state index contributed by atoms with van der Waals surface area (Å²) in [5.74, 6) is -0.545. The molecule has 0 aromatic carbocycles. The second-order valence-electron chi connectivity index (χ2n) is 4.89. The summed E-state index contributed by atoms with van der Waals surface area (Å²) in [5.41, 5.74) is 5.02. The zero-order valence-corrected chi connectivity index (χ0v) is 11.0. The van der Waals surface area contributed by atoms with E-state index in [1.165, 1.54) is 7.11 Å². The zero-order valence-electron chi connectivity index (χ0n) is 11.0. The highest BCUT2D eigenvalue weighted by atomic mass is 19.4. The molecule has 0 aromatic heterocycles. The summed E-state index contributed by atoms with van der Waals surface area (Å²) in [6.45, 7) is -0.178. The first kappa shape index (κ1) is 16.2. The predicted molar refractivity (Wildman–Crippen MR) is 62.4 cm³/mol. The van der Waals surface area contributed by atoms with Gasteiger partial charge in [0.05, 0.1) is 20.1 Å². The van der Waals surface area contributed by atoms with Crippen molar-refractivity contribution in [2.45, 2.75) is 43.8 Å². The van der Waals surface area contributed by atoms with Gasteiger partial charge in [-0.25, -0.2) is 0 Å². The van der Waals surface area contributed by atoms with Crippen LogP contribution >= 0.6 is 0 Å². The molecule has 2 N–H and O–H groups in total. The number of carbonyl (C=O) groups is 1. The lowest BCUT2D eigenvalue weighted by molar-refractivity contribution is -0.149. The van der Waals surface area contributed by atoms with Crippen molar-refractivity contribution in [1.82, 2.24) is 0 Å². The SMILES string of the molecule is COC(=O)C1(N)CCCC1CCOCCC(F)(F)F. The van der Waals surface area contributed by atoms with Crippen molar-refractivity contribution in [2.24, 2.45) is 11.7 Å². The molecule has 2 atom stereocenters. The van der Waals surface area contributed by atoms with Crippen LogP contribution in [0.1, 0.15) is 32.1 Å². The maximum Gasteiger partial charge on any atom is 0.391 e. The molecule has 7 heteroatoms. The van der Waals surface area contributed by atoms with Gasteiger partial charge in [-0.15, -0.1) is 0 Å². The molecule has 0 radical (unpaired) electrons. The van der Waals surface area contributed by atoms with Crippen LogP contribution in [0, 0.1) is 5.92 Å². The Labute approximate surface area is 110 Å². The molecule has 112 valence electrons. The minimum atomic E-state index is -4.20. The standard InChI is InChI=1S/C12H20F3NO3/c1-18-10(17)11(16)5-2-3-9(11)4-7-19-8-6-12(13,14)15/h9H,2-8,16H2,1H3. The minimum absolute atomic E-state index is 0.0918. The van der Waals surface area contributed by atoms with Gasteiger partial charge in [-0.3, -0.25) is 4.79 Å². The third-order valence-electron chi connectivity index (χ3n) is 3.58. The van der Waals surface area contributed by atoms with Gasteiger partial charge in [-0.1, -0.05) is 6.42 Å². The monoisotopic (exact) mass is 283 g/mol. The lowest BCUT2D eigenvalue weighted by atomic mass is 9.86. The summed E-state index contributed by atoms with van der Waals surface area (Å²) in [4.78, 5) is 11.6. The van der Waals surface area contributed by atoms with Gasteiger partial charge in [0.25, 0.3) is 0 Å². The maximum atomic E-state index is 11.9. The highest BCUT2D eigenvalue weighted by molar-refractivity contribution is 5.81. The van der Waals surface area contributed by atoms with Crippen LogP contribution in [0.3, 0.4) is 0 Å². The van der Waals surface area contributed by atoms with Gasteiger partial charge in [-0.05, 0) is 25.2 Å². The van der Waals surface area contributed by atoms with E-state index in [0.717, 1.165) is 12.8 Å². The quantitative estimate of drug-likeness (QED) is 0.598. The Bertz CT molecular complexity index is 309. The third-order valence-corrected chi connectivity index (χ3v) is 3.58. The summed E-state index contributed by atoms with van der Waals surface area (Å²) in [7, 11) is 1.28. The van der Waals surface area contributed by atoms with E-state index in [0.29, 0.717) is 12.8 Å². The molecule has 0 saturated heterocycles. The number of hydrogen-bond acceptors (Lipinski definition) is 4. The van der Waals surface area contributed by atoms with E-state index in [1.807, 2.05) is 0 Å². The highest BCUT2D eigenvalue weighted by Crippen LogP contribution is 2.36. The van der Waals surface area contributed by atoms with Gasteiger partial charge in [0.1, 0.15) is 5.54 Å². The molecule has 2 unspecified atom stereocenters. The molecule has 0 aromatic rings. The molecule has 4 nitrogen and oxygen atoms in total. The van der Waals surface area contributed by atoms with Gasteiger partial charge in [-0.2, -0.15) is 13.2 Å². The van der Waals surface area contributed by atoms with Crippen molar-refractivity contribution in [3.05, 3.63) is 0 Å². The summed E-state index contributed by atoms with van der Waals surface area (Å²) in [6, 6.07) is 0. The number of nitrogens with two attached hydrogens (primary N) is 1. The van der Waals surface area contributed by atoms with E-state index in [2.05, 4.69) is 4.74 Å². The van der Waals surface area contributed by atoms with E-state index in [9.17, 15) is 18.0 Å². The topological polar surface area (TPSA) is 61.5 Å². The number of esters is 1. The third kappa shape index (κ3) is 4.65. The zero-order chi connectivity index (χ0) is 14.5. The van der Waals surface area contributed by atoms with Gasteiger partial charge in [0.15, 0.2) is 0 Å². The predicted octanol–water partition coefficient (Wildman–Crippen LogP) is 2.02. The second kappa shape index (κ2) is 6.56. The largest absolute Gasteiger partial charge is 0.468 e. The first-order valence-corrected chi connectivity index (χ1v) is 6.31. The summed E-state index contributed by atoms with van der Waals surface area (Å²) in [6.07, 6.45) is -2.54. The van der Waals surface area contributed by atoms with Crippen molar-refractivity contribution >= 4 is 5.97 Å². The van der Waals surface area contributed by atoms with E-state index >= 15 is 0 Å². The highest BCUT2D eigenvalue weighted by Gasteiger charge is 2.46. The number of carbonyl (C=O) groups excluding carboxylic acids is 1. The van der Waals surface area contributed by atoms with Crippen molar-refractivity contribution in [1.29, 1.82) is 0 Å². The molecule has 1 aliphatic rings. The Balaban J connectivity index is 2.30. The molecule has 0 amide bonds. The van der Waals surface area contributed by atoms with Gasteiger partial charge in [0, 0.05) is 6.61 Å². The molecule has 1 rings (SSSR count). The van der Waals surface area contributed by atoms with Crippen LogP contribution in [0.2, 0.25) is 0 Å². The van der Waals surface area contributed by atoms with Crippen LogP contribution in [0.4, 0.5) is 13.2 Å². The first-order valence-electron chi connectivity index (χ1n) is 6.31. The Kier molecular flexibility index (Phi) is 5.61. The van der Waals surface area contributed by atoms with Crippen LogP contribution < -0.4 is 5.73 Å². The lowest BCUT2D eigenvalue weighted by Crippen LogP contribution is -2.51. The molecule has 1 aliphatic carbocycles. The molecule has 0 spiro atoms. The smallest absolute Gasteiger partial charge is 0.391 e. The van der Waals surface area contributed by atoms with Gasteiger partial charge in [0.2, 0.25) is 0 Å². The first-order chi connectivity index (χ1) is 8.79. The maximum absolute atomic E-state index is 11.9. The molecule has 0 aliphatic heterocycles. The number of alkyl halides is 3. The van der Waals surface area contributed by atoms with E-state index in [1.54, 1.807) is 0 Å². The minimum Gasteiger partial charge on any atom is -0.468 e. The van der Waals surface area contributed by atoms with Crippen LogP contribution in [0.15, 0.2) is 0 Å². The molecule has 19 heavy (non-hydrogen) atoms. The molecule has 1 saturated carbocycles. The average Bonchev–Trinajstić information content (AvgIpc) is 2.69. The normalized spacial score (nSPS) is 27.5. The fourth-order valence-corrected chi connectivity index (χ4v) is 2.48. The molecular weight excluding hydrogens is 263 g/mol. The summed E-state index contributed by atoms with van der Waals surface area (Å²) in [5, 5.41) is 0. The Morgan fingerprint density at radius 2 is 2.11 bits per heavy atom. The number of hydrogen-bond donors (Lipinski definition) is 1. The van der Waals surface area contributed by atoms with E-state index in [-0.39, 0.29) is 19.1 Å². The van der Waals surface area contributed by atoms with E-state index < -0.39 is 24.1 Å². The molecule has 0 heterocycles. The number of ether oxygens (including phenoxy) is 2. The van der Waals surface area contributed by atoms with Crippen LogP contribution in [0.5, 0.6) is 0 Å². The van der Waals surface area contributed by atoms with Crippen molar-refractivity contribution in [3.63, 3.8) is 0 Å². The van der Waals surface area contributed by atoms with Crippen molar-refractivity contribution in [3.8, 4) is 0 Å². The van der Waals surface area contributed by atoms with Gasteiger partial charge >= 0.3 is 12.1 Å². The molecule has 1 fully saturated rings. The Morgan fingerprint density at radius 3 is 2.68 bits per heavy atom.